The maximum absolute atomic E-state index is 3.85. The van der Waals surface area contributed by atoms with E-state index in [1.54, 1.807) is 0 Å². The van der Waals surface area contributed by atoms with Crippen LogP contribution in [0.25, 0.3) is 0 Å². The fourth-order valence-corrected chi connectivity index (χ4v) is 3.64. The van der Waals surface area contributed by atoms with Crippen LogP contribution in [-0.2, 0) is 0 Å². The molecule has 1 nitrogen and oxygen atoms in total. The molecule has 2 aromatic rings. The molecule has 1 heteroatoms. The van der Waals surface area contributed by atoms with Crippen LogP contribution in [-0.4, -0.2) is 0 Å². The van der Waals surface area contributed by atoms with Gasteiger partial charge in [-0.2, -0.15) is 0 Å². The molecule has 0 heterocycles. The zero-order valence-corrected chi connectivity index (χ0v) is 13.3. The molecule has 1 aliphatic rings. The summed E-state index contributed by atoms with van der Waals surface area (Å²) in [6.45, 7) is 6.83. The highest BCUT2D eigenvalue weighted by Gasteiger charge is 2.25. The first-order valence-corrected chi connectivity index (χ1v) is 8.07. The second-order valence-corrected chi connectivity index (χ2v) is 6.40. The van der Waals surface area contributed by atoms with Gasteiger partial charge in [-0.3, -0.25) is 0 Å². The molecule has 0 saturated heterocycles. The van der Waals surface area contributed by atoms with Crippen molar-refractivity contribution in [3.05, 3.63) is 70.8 Å². The highest BCUT2D eigenvalue weighted by Crippen LogP contribution is 2.38. The van der Waals surface area contributed by atoms with Crippen molar-refractivity contribution in [3.8, 4) is 0 Å². The molecule has 2 unspecified atom stereocenters. The second-order valence-electron chi connectivity index (χ2n) is 6.40. The Morgan fingerprint density at radius 2 is 1.62 bits per heavy atom. The van der Waals surface area contributed by atoms with Crippen molar-refractivity contribution < 1.29 is 0 Å². The topological polar surface area (TPSA) is 12.0 Å². The lowest BCUT2D eigenvalue weighted by atomic mass is 9.80. The summed E-state index contributed by atoms with van der Waals surface area (Å²) in [5.41, 5.74) is 5.80. The number of benzene rings is 2. The quantitative estimate of drug-likeness (QED) is 0.805. The van der Waals surface area contributed by atoms with Crippen LogP contribution in [0.3, 0.4) is 0 Å². The van der Waals surface area contributed by atoms with Crippen molar-refractivity contribution in [1.29, 1.82) is 0 Å². The third kappa shape index (κ3) is 2.89. The minimum Gasteiger partial charge on any atom is -0.303 e. The summed E-state index contributed by atoms with van der Waals surface area (Å²) < 4.78 is 0. The van der Waals surface area contributed by atoms with Crippen LogP contribution in [0.5, 0.6) is 0 Å². The zero-order valence-electron chi connectivity index (χ0n) is 13.3. The van der Waals surface area contributed by atoms with Crippen molar-refractivity contribution in [2.45, 2.75) is 51.6 Å². The Labute approximate surface area is 128 Å². The summed E-state index contributed by atoms with van der Waals surface area (Å²) in [6.07, 6.45) is 2.50. The summed E-state index contributed by atoms with van der Waals surface area (Å²) in [5.74, 6) is 0.688. The predicted molar refractivity (Wildman–Crippen MR) is 89.6 cm³/mol. The Morgan fingerprint density at radius 1 is 0.952 bits per heavy atom. The molecule has 0 bridgehead atoms. The predicted octanol–water partition coefficient (Wildman–Crippen LogP) is 5.28. The van der Waals surface area contributed by atoms with Gasteiger partial charge in [0.25, 0.3) is 0 Å². The summed E-state index contributed by atoms with van der Waals surface area (Å²) >= 11 is 0. The van der Waals surface area contributed by atoms with E-state index in [0.29, 0.717) is 18.0 Å². The molecule has 3 atom stereocenters. The molecule has 0 radical (unpaired) electrons. The van der Waals surface area contributed by atoms with E-state index < -0.39 is 0 Å². The smallest absolute Gasteiger partial charge is 0.0328 e. The van der Waals surface area contributed by atoms with Gasteiger partial charge in [-0.05, 0) is 54.9 Å². The minimum absolute atomic E-state index is 0.387. The van der Waals surface area contributed by atoms with E-state index in [-0.39, 0.29) is 0 Å². The number of hydrogen-bond acceptors (Lipinski definition) is 1. The van der Waals surface area contributed by atoms with E-state index in [1.807, 2.05) is 0 Å². The molecule has 0 aliphatic heterocycles. The Balaban J connectivity index is 1.83. The number of hydrogen-bond donors (Lipinski definition) is 1. The lowest BCUT2D eigenvalue weighted by molar-refractivity contribution is 0.395. The van der Waals surface area contributed by atoms with Crippen molar-refractivity contribution in [2.75, 3.05) is 0 Å². The van der Waals surface area contributed by atoms with E-state index in [9.17, 15) is 0 Å². The van der Waals surface area contributed by atoms with Gasteiger partial charge in [0.1, 0.15) is 0 Å². The molecule has 0 spiro atoms. The first-order chi connectivity index (χ1) is 10.2. The fourth-order valence-electron chi connectivity index (χ4n) is 3.64. The largest absolute Gasteiger partial charge is 0.303 e. The summed E-state index contributed by atoms with van der Waals surface area (Å²) in [7, 11) is 0. The SMILES string of the molecule is Cc1ccccc1[C@@H](C)NC1CCC(C)c2ccccc21. The van der Waals surface area contributed by atoms with E-state index in [4.69, 9.17) is 0 Å². The van der Waals surface area contributed by atoms with Gasteiger partial charge in [0.05, 0.1) is 0 Å². The van der Waals surface area contributed by atoms with Gasteiger partial charge < -0.3 is 5.32 Å². The number of nitrogens with one attached hydrogen (secondary N) is 1. The monoisotopic (exact) mass is 279 g/mol. The normalized spacial score (nSPS) is 22.6. The fraction of sp³-hybridized carbons (Fsp3) is 0.400. The molecule has 2 aromatic carbocycles. The van der Waals surface area contributed by atoms with Crippen LogP contribution < -0.4 is 5.32 Å². The van der Waals surface area contributed by atoms with E-state index >= 15 is 0 Å². The maximum atomic E-state index is 3.85. The second kappa shape index (κ2) is 6.03. The van der Waals surface area contributed by atoms with Crippen LogP contribution in [0.2, 0.25) is 0 Å². The van der Waals surface area contributed by atoms with Crippen molar-refractivity contribution in [1.82, 2.24) is 5.32 Å². The Hall–Kier alpha value is -1.60. The van der Waals surface area contributed by atoms with Crippen molar-refractivity contribution >= 4 is 0 Å². The first kappa shape index (κ1) is 14.3. The third-order valence-electron chi connectivity index (χ3n) is 4.90. The van der Waals surface area contributed by atoms with Gasteiger partial charge in [0.2, 0.25) is 0 Å². The molecule has 3 rings (SSSR count). The van der Waals surface area contributed by atoms with E-state index in [0.717, 1.165) is 0 Å². The minimum atomic E-state index is 0.387. The lowest BCUT2D eigenvalue weighted by Gasteiger charge is -2.33. The van der Waals surface area contributed by atoms with E-state index in [2.05, 4.69) is 74.6 Å². The maximum Gasteiger partial charge on any atom is 0.0328 e. The van der Waals surface area contributed by atoms with Gasteiger partial charge in [0, 0.05) is 12.1 Å². The summed E-state index contributed by atoms with van der Waals surface area (Å²) in [6, 6.07) is 18.5. The highest BCUT2D eigenvalue weighted by atomic mass is 14.9. The molecule has 1 N–H and O–H groups in total. The average Bonchev–Trinajstić information content (AvgIpc) is 2.51. The lowest BCUT2D eigenvalue weighted by Crippen LogP contribution is -2.28. The first-order valence-electron chi connectivity index (χ1n) is 8.07. The standard InChI is InChI=1S/C20H25N/c1-14-8-4-5-9-17(14)16(3)21-20-13-12-15(2)18-10-6-7-11-19(18)20/h4-11,15-16,20-21H,12-13H2,1-3H3/t15?,16-,20?/m1/s1. The Morgan fingerprint density at radius 3 is 2.38 bits per heavy atom. The summed E-state index contributed by atoms with van der Waals surface area (Å²) in [4.78, 5) is 0. The van der Waals surface area contributed by atoms with Crippen LogP contribution in [0.1, 0.15) is 66.9 Å². The molecule has 110 valence electrons. The van der Waals surface area contributed by atoms with Gasteiger partial charge >= 0.3 is 0 Å². The Kier molecular flexibility index (Phi) is 4.12. The van der Waals surface area contributed by atoms with Crippen molar-refractivity contribution in [2.24, 2.45) is 0 Å². The number of rotatable bonds is 3. The Bertz CT molecular complexity index is 617. The molecular weight excluding hydrogens is 254 g/mol. The molecule has 0 aromatic heterocycles. The van der Waals surface area contributed by atoms with Crippen LogP contribution >= 0.6 is 0 Å². The van der Waals surface area contributed by atoms with Gasteiger partial charge in [-0.1, -0.05) is 55.5 Å². The number of aryl methyl sites for hydroxylation is 1. The molecule has 0 fully saturated rings. The molecular formula is C20H25N. The molecule has 0 saturated carbocycles. The molecule has 1 aliphatic carbocycles. The van der Waals surface area contributed by atoms with Crippen LogP contribution in [0.4, 0.5) is 0 Å². The van der Waals surface area contributed by atoms with E-state index in [1.165, 1.54) is 35.1 Å². The molecule has 0 amide bonds. The average molecular weight is 279 g/mol. The van der Waals surface area contributed by atoms with Gasteiger partial charge in [0.15, 0.2) is 0 Å². The highest BCUT2D eigenvalue weighted by molar-refractivity contribution is 5.36. The third-order valence-corrected chi connectivity index (χ3v) is 4.90. The summed E-state index contributed by atoms with van der Waals surface area (Å²) in [5, 5.41) is 3.85. The molecule has 21 heavy (non-hydrogen) atoms. The van der Waals surface area contributed by atoms with Crippen LogP contribution in [0, 0.1) is 6.92 Å². The van der Waals surface area contributed by atoms with Crippen LogP contribution in [0.15, 0.2) is 48.5 Å². The zero-order chi connectivity index (χ0) is 14.8. The number of fused-ring (bicyclic) bond motifs is 1. The van der Waals surface area contributed by atoms with Gasteiger partial charge in [-0.15, -0.1) is 0 Å². The van der Waals surface area contributed by atoms with Crippen molar-refractivity contribution in [3.63, 3.8) is 0 Å². The van der Waals surface area contributed by atoms with Gasteiger partial charge in [-0.25, -0.2) is 0 Å².